The Balaban J connectivity index is 0. The summed E-state index contributed by atoms with van der Waals surface area (Å²) >= 11 is 0. The van der Waals surface area contributed by atoms with Gasteiger partial charge in [-0.3, -0.25) is 13.6 Å². The van der Waals surface area contributed by atoms with E-state index in [2.05, 4.69) is 13.6 Å². The maximum absolute atomic E-state index is 10.7. The van der Waals surface area contributed by atoms with E-state index in [9.17, 15) is 4.57 Å². The molecule has 0 aromatic heterocycles. The van der Waals surface area contributed by atoms with Gasteiger partial charge in [0.05, 0.1) is 0 Å². The molecule has 0 aliphatic carbocycles. The van der Waals surface area contributed by atoms with Gasteiger partial charge in [0.2, 0.25) is 0 Å². The lowest BCUT2D eigenvalue weighted by Gasteiger charge is -2.08. The maximum Gasteiger partial charge on any atom is 0.473 e. The van der Waals surface area contributed by atoms with Crippen LogP contribution >= 0.6 is 7.82 Å². The predicted octanol–water partition coefficient (Wildman–Crippen LogP) is 0.209. The topological polar surface area (TPSA) is 76.3 Å². The van der Waals surface area contributed by atoms with Gasteiger partial charge in [-0.2, -0.15) is 0 Å². The molecule has 2 N–H and O–H groups in total. The Morgan fingerprint density at radius 3 is 1.22 bits per heavy atom. The van der Waals surface area contributed by atoms with Crippen molar-refractivity contribution in [1.29, 1.82) is 0 Å². The van der Waals surface area contributed by atoms with Crippen LogP contribution < -0.4 is 0 Å². The summed E-state index contributed by atoms with van der Waals surface area (Å²) in [6, 6.07) is 0. The van der Waals surface area contributed by atoms with E-state index < -0.39 is 7.82 Å². The third-order valence-corrected chi connectivity index (χ3v) is 2.01. The molecule has 0 aliphatic heterocycles. The minimum Gasteiger partial charge on any atom is -0.412 e. The van der Waals surface area contributed by atoms with Gasteiger partial charge in [0, 0.05) is 21.3 Å². The average molecular weight is 158 g/mol. The molecule has 0 bridgehead atoms. The van der Waals surface area contributed by atoms with Crippen LogP contribution in [0.5, 0.6) is 0 Å². The molecular weight excluding hydrogens is 147 g/mol. The fraction of sp³-hybridized carbons (Fsp3) is 1.00. The molecule has 9 heavy (non-hydrogen) atoms. The highest BCUT2D eigenvalue weighted by Crippen LogP contribution is 2.46. The normalized spacial score (nSPS) is 10.6. The summed E-state index contributed by atoms with van der Waals surface area (Å²) in [4.78, 5) is 0. The zero-order valence-electron chi connectivity index (χ0n) is 5.58. The van der Waals surface area contributed by atoms with Gasteiger partial charge in [-0.15, -0.1) is 0 Å². The predicted molar refractivity (Wildman–Crippen MR) is 32.2 cm³/mol. The fourth-order valence-corrected chi connectivity index (χ4v) is 0.671. The fourth-order valence-electron chi connectivity index (χ4n) is 0.224. The zero-order valence-corrected chi connectivity index (χ0v) is 6.47. The van der Waals surface area contributed by atoms with Crippen molar-refractivity contribution in [3.8, 4) is 0 Å². The largest absolute Gasteiger partial charge is 0.473 e. The molecule has 5 nitrogen and oxygen atoms in total. The van der Waals surface area contributed by atoms with Crippen LogP contribution in [-0.2, 0) is 18.1 Å². The van der Waals surface area contributed by atoms with Crippen LogP contribution in [0.15, 0.2) is 0 Å². The monoisotopic (exact) mass is 158 g/mol. The second-order valence-corrected chi connectivity index (χ2v) is 2.98. The summed E-state index contributed by atoms with van der Waals surface area (Å²) in [7, 11) is 0.611. The molecule has 58 valence electrons. The van der Waals surface area contributed by atoms with Crippen molar-refractivity contribution in [2.75, 3.05) is 21.3 Å². The quantitative estimate of drug-likeness (QED) is 0.550. The molecule has 0 spiro atoms. The van der Waals surface area contributed by atoms with Crippen molar-refractivity contribution in [2.45, 2.75) is 0 Å². The molecule has 6 heteroatoms. The third kappa shape index (κ3) is 3.61. The van der Waals surface area contributed by atoms with Gasteiger partial charge in [-0.1, -0.05) is 0 Å². The molecule has 0 aromatic carbocycles. The Labute approximate surface area is 53.8 Å². The van der Waals surface area contributed by atoms with E-state index >= 15 is 0 Å². The lowest BCUT2D eigenvalue weighted by atomic mass is 11.8. The lowest BCUT2D eigenvalue weighted by Crippen LogP contribution is -1.88. The SMILES string of the molecule is COP(=O)(OC)OC.O. The first-order valence-electron chi connectivity index (χ1n) is 1.96. The van der Waals surface area contributed by atoms with Gasteiger partial charge in [-0.25, -0.2) is 4.57 Å². The van der Waals surface area contributed by atoms with Crippen LogP contribution in [-0.4, -0.2) is 26.8 Å². The molecule has 0 aromatic rings. The molecule has 0 unspecified atom stereocenters. The van der Waals surface area contributed by atoms with Gasteiger partial charge in [0.25, 0.3) is 0 Å². The highest BCUT2D eigenvalue weighted by Gasteiger charge is 2.18. The van der Waals surface area contributed by atoms with Crippen LogP contribution in [0.3, 0.4) is 0 Å². The number of hydrogen-bond donors (Lipinski definition) is 0. The first-order valence-corrected chi connectivity index (χ1v) is 3.42. The van der Waals surface area contributed by atoms with Gasteiger partial charge in [0.1, 0.15) is 0 Å². The highest BCUT2D eigenvalue weighted by molar-refractivity contribution is 7.48. The van der Waals surface area contributed by atoms with Crippen molar-refractivity contribution in [3.05, 3.63) is 0 Å². The zero-order chi connectivity index (χ0) is 6.62. The number of phosphoric acid groups is 1. The van der Waals surface area contributed by atoms with E-state index in [-0.39, 0.29) is 5.48 Å². The van der Waals surface area contributed by atoms with Crippen molar-refractivity contribution in [2.24, 2.45) is 0 Å². The van der Waals surface area contributed by atoms with Crippen molar-refractivity contribution < 1.29 is 23.6 Å². The number of phosphoric ester groups is 1. The second kappa shape index (κ2) is 4.90. The van der Waals surface area contributed by atoms with E-state index in [0.717, 1.165) is 0 Å². The summed E-state index contributed by atoms with van der Waals surface area (Å²) in [5.41, 5.74) is 0. The van der Waals surface area contributed by atoms with E-state index in [4.69, 9.17) is 0 Å². The minimum atomic E-state index is -3.16. The van der Waals surface area contributed by atoms with E-state index in [1.807, 2.05) is 0 Å². The van der Waals surface area contributed by atoms with E-state index in [0.29, 0.717) is 0 Å². The van der Waals surface area contributed by atoms with Crippen LogP contribution in [0.4, 0.5) is 0 Å². The Hall–Kier alpha value is 0.0700. The molecule has 0 rings (SSSR count). The molecule has 0 heterocycles. The summed E-state index contributed by atoms with van der Waals surface area (Å²) in [6.07, 6.45) is 0. The maximum atomic E-state index is 10.7. The standard InChI is InChI=1S/C3H9O4P.H2O/c1-5-8(4,6-2)7-3;/h1-3H3;1H2. The average Bonchev–Trinajstić information content (AvgIpc) is 1.87. The smallest absolute Gasteiger partial charge is 0.412 e. The van der Waals surface area contributed by atoms with Gasteiger partial charge >= 0.3 is 7.82 Å². The van der Waals surface area contributed by atoms with E-state index in [1.165, 1.54) is 21.3 Å². The third-order valence-electron chi connectivity index (χ3n) is 0.671. The van der Waals surface area contributed by atoms with Crippen molar-refractivity contribution in [1.82, 2.24) is 0 Å². The van der Waals surface area contributed by atoms with E-state index in [1.54, 1.807) is 0 Å². The number of rotatable bonds is 3. The highest BCUT2D eigenvalue weighted by atomic mass is 31.2. The lowest BCUT2D eigenvalue weighted by molar-refractivity contribution is 0.178. The van der Waals surface area contributed by atoms with Gasteiger partial charge in [-0.05, 0) is 0 Å². The summed E-state index contributed by atoms with van der Waals surface area (Å²) in [6.45, 7) is 0. The summed E-state index contributed by atoms with van der Waals surface area (Å²) in [5, 5.41) is 0. The summed E-state index contributed by atoms with van der Waals surface area (Å²) in [5.74, 6) is 0. The van der Waals surface area contributed by atoms with Crippen LogP contribution in [0, 0.1) is 0 Å². The molecule has 0 atom stereocenters. The molecular formula is C3H11O5P. The molecule has 0 aliphatic rings. The Kier molecular flexibility index (Phi) is 6.44. The molecule has 0 amide bonds. The Morgan fingerprint density at radius 1 is 1.00 bits per heavy atom. The van der Waals surface area contributed by atoms with Crippen LogP contribution in [0.2, 0.25) is 0 Å². The van der Waals surface area contributed by atoms with Gasteiger partial charge < -0.3 is 5.48 Å². The summed E-state index contributed by atoms with van der Waals surface area (Å²) < 4.78 is 23.7. The van der Waals surface area contributed by atoms with Gasteiger partial charge in [0.15, 0.2) is 0 Å². The van der Waals surface area contributed by atoms with Crippen LogP contribution in [0.1, 0.15) is 0 Å². The molecule has 0 saturated heterocycles. The molecule has 0 fully saturated rings. The number of hydrogen-bond acceptors (Lipinski definition) is 4. The molecule has 0 radical (unpaired) electrons. The second-order valence-electron chi connectivity index (χ2n) is 0.995. The van der Waals surface area contributed by atoms with Crippen molar-refractivity contribution >= 4 is 7.82 Å². The van der Waals surface area contributed by atoms with Crippen LogP contribution in [0.25, 0.3) is 0 Å². The Morgan fingerprint density at radius 2 is 1.22 bits per heavy atom. The van der Waals surface area contributed by atoms with Crippen molar-refractivity contribution in [3.63, 3.8) is 0 Å². The Bertz CT molecular complexity index is 83.4. The molecule has 0 saturated carbocycles. The minimum absolute atomic E-state index is 0. The first kappa shape index (κ1) is 11.8. The first-order chi connectivity index (χ1) is 3.68.